The van der Waals surface area contributed by atoms with Crippen LogP contribution in [-0.2, 0) is 4.79 Å². The molecule has 1 aromatic rings. The van der Waals surface area contributed by atoms with Gasteiger partial charge in [0.25, 0.3) is 0 Å². The highest BCUT2D eigenvalue weighted by Crippen LogP contribution is 2.12. The molecule has 17 heavy (non-hydrogen) atoms. The van der Waals surface area contributed by atoms with Crippen LogP contribution < -0.4 is 16.0 Å². The van der Waals surface area contributed by atoms with Crippen LogP contribution in [0.25, 0.3) is 0 Å². The summed E-state index contributed by atoms with van der Waals surface area (Å²) in [7, 11) is 1.83. The van der Waals surface area contributed by atoms with Crippen molar-refractivity contribution in [1.82, 2.24) is 10.3 Å². The third kappa shape index (κ3) is 3.99. The topological polar surface area (TPSA) is 71.2 Å². The zero-order valence-corrected chi connectivity index (χ0v) is 10.8. The predicted octanol–water partition coefficient (Wildman–Crippen LogP) is 0.288. The van der Waals surface area contributed by atoms with Gasteiger partial charge < -0.3 is 16.0 Å². The van der Waals surface area contributed by atoms with Crippen molar-refractivity contribution >= 4 is 28.8 Å². The average molecular weight is 252 g/mol. The van der Waals surface area contributed by atoms with Gasteiger partial charge in [-0.15, -0.1) is 0 Å². The van der Waals surface area contributed by atoms with Gasteiger partial charge in [-0.05, 0) is 19.1 Å². The standard InChI is InChI=1S/C11H16N4OS/c1-3-13-10(16)7-15(2)8-4-5-14-9(6-8)11(12)17/h4-6H,3,7H2,1-2H3,(H2,12,17)(H,13,16). The Morgan fingerprint density at radius 2 is 2.35 bits per heavy atom. The van der Waals surface area contributed by atoms with Crippen LogP contribution in [0.3, 0.4) is 0 Å². The lowest BCUT2D eigenvalue weighted by molar-refractivity contribution is -0.119. The summed E-state index contributed by atoms with van der Waals surface area (Å²) in [4.78, 5) is 17.5. The number of nitrogens with two attached hydrogens (primary N) is 1. The van der Waals surface area contributed by atoms with Crippen molar-refractivity contribution in [2.24, 2.45) is 5.73 Å². The van der Waals surface area contributed by atoms with E-state index in [2.05, 4.69) is 10.3 Å². The van der Waals surface area contributed by atoms with Crippen LogP contribution in [-0.4, -0.2) is 36.0 Å². The number of likely N-dealkylation sites (N-methyl/N-ethyl adjacent to an activating group) is 2. The summed E-state index contributed by atoms with van der Waals surface area (Å²) < 4.78 is 0. The van der Waals surface area contributed by atoms with Crippen molar-refractivity contribution in [2.45, 2.75) is 6.92 Å². The molecule has 0 unspecified atom stereocenters. The lowest BCUT2D eigenvalue weighted by Crippen LogP contribution is -2.35. The Kier molecular flexibility index (Phi) is 4.84. The van der Waals surface area contributed by atoms with Gasteiger partial charge >= 0.3 is 0 Å². The molecule has 0 bridgehead atoms. The van der Waals surface area contributed by atoms with Crippen LogP contribution in [0.5, 0.6) is 0 Å². The Morgan fingerprint density at radius 1 is 1.65 bits per heavy atom. The van der Waals surface area contributed by atoms with E-state index >= 15 is 0 Å². The highest BCUT2D eigenvalue weighted by molar-refractivity contribution is 7.80. The van der Waals surface area contributed by atoms with Crippen LogP contribution in [0.2, 0.25) is 0 Å². The summed E-state index contributed by atoms with van der Waals surface area (Å²) in [6.07, 6.45) is 1.62. The normalized spacial score (nSPS) is 9.76. The maximum absolute atomic E-state index is 11.4. The second kappa shape index (κ2) is 6.15. The number of hydrogen-bond acceptors (Lipinski definition) is 4. The molecule has 0 aliphatic carbocycles. The second-order valence-electron chi connectivity index (χ2n) is 3.57. The number of rotatable bonds is 5. The van der Waals surface area contributed by atoms with Crippen molar-refractivity contribution in [1.29, 1.82) is 0 Å². The molecule has 0 spiro atoms. The number of amides is 1. The van der Waals surface area contributed by atoms with Gasteiger partial charge in [0.05, 0.1) is 12.2 Å². The number of pyridine rings is 1. The SMILES string of the molecule is CCNC(=O)CN(C)c1ccnc(C(N)=S)c1. The van der Waals surface area contributed by atoms with Crippen LogP contribution in [0.15, 0.2) is 18.3 Å². The van der Waals surface area contributed by atoms with Gasteiger partial charge in [0.2, 0.25) is 5.91 Å². The van der Waals surface area contributed by atoms with Crippen molar-refractivity contribution in [3.05, 3.63) is 24.0 Å². The minimum absolute atomic E-state index is 0.0244. The lowest BCUT2D eigenvalue weighted by atomic mass is 10.3. The number of hydrogen-bond donors (Lipinski definition) is 2. The number of carbonyl (C=O) groups excluding carboxylic acids is 1. The first kappa shape index (κ1) is 13.4. The molecule has 0 saturated carbocycles. The van der Waals surface area contributed by atoms with E-state index < -0.39 is 0 Å². The molecule has 1 aromatic heterocycles. The molecule has 0 aliphatic heterocycles. The van der Waals surface area contributed by atoms with Crippen LogP contribution >= 0.6 is 12.2 Å². The third-order valence-electron chi connectivity index (χ3n) is 2.19. The third-order valence-corrected chi connectivity index (χ3v) is 2.40. The van der Waals surface area contributed by atoms with Gasteiger partial charge in [-0.3, -0.25) is 9.78 Å². The van der Waals surface area contributed by atoms with Crippen molar-refractivity contribution in [3.8, 4) is 0 Å². The minimum Gasteiger partial charge on any atom is -0.388 e. The van der Waals surface area contributed by atoms with Crippen molar-refractivity contribution in [2.75, 3.05) is 25.0 Å². The zero-order valence-electron chi connectivity index (χ0n) is 9.93. The number of thiocarbonyl (C=S) groups is 1. The summed E-state index contributed by atoms with van der Waals surface area (Å²) in [5.74, 6) is -0.0244. The van der Waals surface area contributed by atoms with Crippen LogP contribution in [0, 0.1) is 0 Å². The molecule has 92 valence electrons. The van der Waals surface area contributed by atoms with E-state index in [1.807, 2.05) is 18.9 Å². The van der Waals surface area contributed by atoms with E-state index in [1.165, 1.54) is 0 Å². The van der Waals surface area contributed by atoms with Crippen LogP contribution in [0.1, 0.15) is 12.6 Å². The molecule has 3 N–H and O–H groups in total. The summed E-state index contributed by atoms with van der Waals surface area (Å²) in [6, 6.07) is 3.57. The molecule has 0 radical (unpaired) electrons. The second-order valence-corrected chi connectivity index (χ2v) is 4.01. The molecule has 0 aromatic carbocycles. The number of aromatic nitrogens is 1. The molecule has 1 amide bonds. The molecule has 0 atom stereocenters. The molecular weight excluding hydrogens is 236 g/mol. The zero-order chi connectivity index (χ0) is 12.8. The number of carbonyl (C=O) groups is 1. The van der Waals surface area contributed by atoms with Gasteiger partial charge in [-0.2, -0.15) is 0 Å². The van der Waals surface area contributed by atoms with E-state index in [9.17, 15) is 4.79 Å². The highest BCUT2D eigenvalue weighted by atomic mass is 32.1. The smallest absolute Gasteiger partial charge is 0.239 e. The molecular formula is C11H16N4OS. The van der Waals surface area contributed by atoms with Gasteiger partial charge in [0, 0.05) is 25.5 Å². The van der Waals surface area contributed by atoms with E-state index in [-0.39, 0.29) is 17.4 Å². The van der Waals surface area contributed by atoms with E-state index in [0.29, 0.717) is 12.2 Å². The fourth-order valence-corrected chi connectivity index (χ4v) is 1.46. The monoisotopic (exact) mass is 252 g/mol. The van der Waals surface area contributed by atoms with E-state index in [1.54, 1.807) is 18.3 Å². The molecule has 0 saturated heterocycles. The average Bonchev–Trinajstić information content (AvgIpc) is 2.29. The van der Waals surface area contributed by atoms with Gasteiger partial charge in [-0.1, -0.05) is 12.2 Å². The molecule has 5 nitrogen and oxygen atoms in total. The first-order chi connectivity index (χ1) is 8.04. The summed E-state index contributed by atoms with van der Waals surface area (Å²) in [5, 5.41) is 2.74. The maximum Gasteiger partial charge on any atom is 0.239 e. The predicted molar refractivity (Wildman–Crippen MR) is 72.1 cm³/mol. The van der Waals surface area contributed by atoms with Crippen molar-refractivity contribution < 1.29 is 4.79 Å². The largest absolute Gasteiger partial charge is 0.388 e. The Hall–Kier alpha value is -1.69. The fourth-order valence-electron chi connectivity index (χ4n) is 1.35. The van der Waals surface area contributed by atoms with E-state index in [4.69, 9.17) is 18.0 Å². The molecule has 1 heterocycles. The highest BCUT2D eigenvalue weighted by Gasteiger charge is 2.08. The fraction of sp³-hybridized carbons (Fsp3) is 0.364. The molecule has 0 aliphatic rings. The molecule has 0 fully saturated rings. The maximum atomic E-state index is 11.4. The Labute approximate surface area is 106 Å². The van der Waals surface area contributed by atoms with Gasteiger partial charge in [0.15, 0.2) is 0 Å². The summed E-state index contributed by atoms with van der Waals surface area (Å²) in [6.45, 7) is 2.80. The van der Waals surface area contributed by atoms with Crippen molar-refractivity contribution in [3.63, 3.8) is 0 Å². The summed E-state index contributed by atoms with van der Waals surface area (Å²) >= 11 is 4.86. The van der Waals surface area contributed by atoms with Gasteiger partial charge in [-0.25, -0.2) is 0 Å². The number of nitrogens with one attached hydrogen (secondary N) is 1. The Bertz CT molecular complexity index is 422. The first-order valence-electron chi connectivity index (χ1n) is 5.28. The van der Waals surface area contributed by atoms with Crippen LogP contribution in [0.4, 0.5) is 5.69 Å². The Morgan fingerprint density at radius 3 is 2.94 bits per heavy atom. The summed E-state index contributed by atoms with van der Waals surface area (Å²) in [5.41, 5.74) is 6.91. The molecule has 1 rings (SSSR count). The van der Waals surface area contributed by atoms with Gasteiger partial charge in [0.1, 0.15) is 4.99 Å². The Balaban J connectivity index is 2.75. The quantitative estimate of drug-likeness (QED) is 0.737. The molecule has 6 heteroatoms. The number of anilines is 1. The minimum atomic E-state index is -0.0244. The number of nitrogens with zero attached hydrogens (tertiary/aromatic N) is 2. The van der Waals surface area contributed by atoms with E-state index in [0.717, 1.165) is 5.69 Å². The lowest BCUT2D eigenvalue weighted by Gasteiger charge is -2.18. The first-order valence-corrected chi connectivity index (χ1v) is 5.69.